The van der Waals surface area contributed by atoms with Gasteiger partial charge in [0.1, 0.15) is 0 Å². The lowest BCUT2D eigenvalue weighted by molar-refractivity contribution is 0.0296. The summed E-state index contributed by atoms with van der Waals surface area (Å²) in [5.41, 5.74) is 2.01. The summed E-state index contributed by atoms with van der Waals surface area (Å²) in [7, 11) is 1.99. The van der Waals surface area contributed by atoms with Gasteiger partial charge in [-0.2, -0.15) is 5.10 Å². The molecule has 1 aromatic heterocycles. The molecule has 20 heavy (non-hydrogen) atoms. The predicted molar refractivity (Wildman–Crippen MR) is 84.5 cm³/mol. The van der Waals surface area contributed by atoms with Crippen LogP contribution in [-0.4, -0.2) is 35.6 Å². The van der Waals surface area contributed by atoms with Crippen LogP contribution in [0.15, 0.2) is 0 Å². The number of nitrogens with one attached hydrogen (secondary N) is 1. The van der Waals surface area contributed by atoms with E-state index in [1.165, 1.54) is 0 Å². The van der Waals surface area contributed by atoms with Crippen LogP contribution in [0.1, 0.15) is 45.0 Å². The molecule has 0 amide bonds. The van der Waals surface area contributed by atoms with E-state index in [0.717, 1.165) is 48.8 Å². The Labute approximate surface area is 127 Å². The van der Waals surface area contributed by atoms with Gasteiger partial charge in [0.15, 0.2) is 0 Å². The summed E-state index contributed by atoms with van der Waals surface area (Å²) in [4.78, 5) is 0. The average Bonchev–Trinajstić information content (AvgIpc) is 2.71. The van der Waals surface area contributed by atoms with Crippen molar-refractivity contribution >= 4 is 11.6 Å². The minimum atomic E-state index is 0.214. The Morgan fingerprint density at radius 3 is 2.55 bits per heavy atom. The fourth-order valence-corrected chi connectivity index (χ4v) is 2.80. The maximum absolute atomic E-state index is 6.40. The molecule has 2 atom stereocenters. The maximum atomic E-state index is 6.40. The minimum absolute atomic E-state index is 0.214. The fourth-order valence-electron chi connectivity index (χ4n) is 2.59. The smallest absolute Gasteiger partial charge is 0.0847 e. The van der Waals surface area contributed by atoms with Crippen molar-refractivity contribution in [2.24, 2.45) is 0 Å². The van der Waals surface area contributed by atoms with Crippen molar-refractivity contribution in [3.8, 4) is 0 Å². The third-order valence-electron chi connectivity index (χ3n) is 3.64. The molecule has 0 saturated carbocycles. The Hall–Kier alpha value is -0.580. The summed E-state index contributed by atoms with van der Waals surface area (Å²) >= 11 is 6.40. The molecule has 5 heteroatoms. The molecular weight excluding hydrogens is 274 g/mol. The molecule has 0 fully saturated rings. The van der Waals surface area contributed by atoms with Crippen LogP contribution >= 0.6 is 11.6 Å². The molecule has 0 aromatic carbocycles. The molecule has 0 bridgehead atoms. The Morgan fingerprint density at radius 1 is 1.35 bits per heavy atom. The van der Waals surface area contributed by atoms with Crippen LogP contribution in [0.5, 0.6) is 0 Å². The summed E-state index contributed by atoms with van der Waals surface area (Å²) in [5, 5.41) is 8.66. The number of aromatic nitrogens is 2. The van der Waals surface area contributed by atoms with Crippen LogP contribution in [0.3, 0.4) is 0 Å². The molecular formula is C15H28ClN3O. The van der Waals surface area contributed by atoms with E-state index >= 15 is 0 Å². The van der Waals surface area contributed by atoms with E-state index in [2.05, 4.69) is 24.3 Å². The first-order chi connectivity index (χ1) is 9.58. The van der Waals surface area contributed by atoms with Crippen molar-refractivity contribution in [3.05, 3.63) is 16.4 Å². The first-order valence-electron chi connectivity index (χ1n) is 7.59. The Bertz CT molecular complexity index is 400. The van der Waals surface area contributed by atoms with E-state index in [0.29, 0.717) is 0 Å². The van der Waals surface area contributed by atoms with Gasteiger partial charge < -0.3 is 10.1 Å². The second-order valence-corrected chi connectivity index (χ2v) is 5.42. The summed E-state index contributed by atoms with van der Waals surface area (Å²) < 4.78 is 7.89. The fraction of sp³-hybridized carbons (Fsp3) is 0.800. The highest BCUT2D eigenvalue weighted by molar-refractivity contribution is 6.31. The lowest BCUT2D eigenvalue weighted by atomic mass is 10.0. The van der Waals surface area contributed by atoms with Gasteiger partial charge in [0, 0.05) is 25.6 Å². The van der Waals surface area contributed by atoms with E-state index in [9.17, 15) is 0 Å². The van der Waals surface area contributed by atoms with Crippen molar-refractivity contribution in [1.82, 2.24) is 15.1 Å². The van der Waals surface area contributed by atoms with Crippen LogP contribution in [0.4, 0.5) is 0 Å². The molecule has 1 N–H and O–H groups in total. The number of nitrogens with zero attached hydrogens (tertiary/aromatic N) is 2. The number of aryl methyl sites for hydroxylation is 2. The van der Waals surface area contributed by atoms with Gasteiger partial charge in [-0.15, -0.1) is 0 Å². The first kappa shape index (κ1) is 17.5. The number of likely N-dealkylation sites (N-methyl/N-ethyl adjacent to an activating group) is 1. The van der Waals surface area contributed by atoms with E-state index < -0.39 is 0 Å². The molecule has 0 aliphatic rings. The highest BCUT2D eigenvalue weighted by Gasteiger charge is 2.24. The zero-order valence-corrected chi connectivity index (χ0v) is 14.1. The zero-order chi connectivity index (χ0) is 15.1. The van der Waals surface area contributed by atoms with Crippen LogP contribution in [0, 0.1) is 6.92 Å². The normalized spacial score (nSPS) is 14.5. The summed E-state index contributed by atoms with van der Waals surface area (Å²) in [6.07, 6.45) is 3.22. The van der Waals surface area contributed by atoms with Gasteiger partial charge in [-0.3, -0.25) is 4.68 Å². The van der Waals surface area contributed by atoms with Crippen molar-refractivity contribution in [3.63, 3.8) is 0 Å². The average molecular weight is 302 g/mol. The second-order valence-electron chi connectivity index (χ2n) is 5.04. The molecule has 0 aliphatic carbocycles. The van der Waals surface area contributed by atoms with E-state index in [1.54, 1.807) is 0 Å². The molecule has 0 saturated heterocycles. The lowest BCUT2D eigenvalue weighted by Crippen LogP contribution is -2.41. The Balaban J connectivity index is 2.91. The number of hydrogen-bond acceptors (Lipinski definition) is 3. The van der Waals surface area contributed by atoms with E-state index in [4.69, 9.17) is 16.3 Å². The van der Waals surface area contributed by atoms with Crippen molar-refractivity contribution in [2.75, 3.05) is 13.7 Å². The molecule has 116 valence electrons. The lowest BCUT2D eigenvalue weighted by Gasteiger charge is -2.27. The predicted octanol–water partition coefficient (Wildman–Crippen LogP) is 3.20. The van der Waals surface area contributed by atoms with Crippen LogP contribution in [0.25, 0.3) is 0 Å². The molecule has 0 radical (unpaired) electrons. The van der Waals surface area contributed by atoms with Crippen molar-refractivity contribution in [1.29, 1.82) is 0 Å². The number of hydrogen-bond donors (Lipinski definition) is 1. The summed E-state index contributed by atoms with van der Waals surface area (Å²) in [6.45, 7) is 9.86. The summed E-state index contributed by atoms with van der Waals surface area (Å²) in [5.74, 6) is 0. The highest BCUT2D eigenvalue weighted by Crippen LogP contribution is 2.23. The monoisotopic (exact) mass is 301 g/mol. The quantitative estimate of drug-likeness (QED) is 0.761. The van der Waals surface area contributed by atoms with Gasteiger partial charge >= 0.3 is 0 Å². The largest absolute Gasteiger partial charge is 0.377 e. The summed E-state index contributed by atoms with van der Waals surface area (Å²) in [6, 6.07) is 0.258. The van der Waals surface area contributed by atoms with Gasteiger partial charge in [-0.05, 0) is 34.2 Å². The minimum Gasteiger partial charge on any atom is -0.377 e. The first-order valence-corrected chi connectivity index (χ1v) is 7.97. The zero-order valence-electron chi connectivity index (χ0n) is 13.4. The second kappa shape index (κ2) is 8.65. The molecule has 1 rings (SSSR count). The number of halogens is 1. The van der Waals surface area contributed by atoms with Crippen LogP contribution in [0.2, 0.25) is 5.02 Å². The highest BCUT2D eigenvalue weighted by atomic mass is 35.5. The number of ether oxygens (including phenoxy) is 1. The van der Waals surface area contributed by atoms with Gasteiger partial charge in [0.2, 0.25) is 0 Å². The van der Waals surface area contributed by atoms with Gasteiger partial charge in [-0.1, -0.05) is 24.9 Å². The van der Waals surface area contributed by atoms with Gasteiger partial charge in [-0.25, -0.2) is 0 Å². The van der Waals surface area contributed by atoms with Crippen LogP contribution < -0.4 is 5.32 Å². The van der Waals surface area contributed by atoms with Crippen LogP contribution in [-0.2, 0) is 17.7 Å². The maximum Gasteiger partial charge on any atom is 0.0847 e. The topological polar surface area (TPSA) is 39.1 Å². The Morgan fingerprint density at radius 2 is 2.05 bits per heavy atom. The third kappa shape index (κ3) is 4.21. The Kier molecular flexibility index (Phi) is 7.56. The SMILES string of the molecule is CCCC(OCC)C(Cc1c(Cl)c(C)nn1CC)NC. The van der Waals surface area contributed by atoms with E-state index in [1.807, 2.05) is 25.6 Å². The molecule has 2 unspecified atom stereocenters. The molecule has 1 heterocycles. The van der Waals surface area contributed by atoms with E-state index in [-0.39, 0.29) is 12.1 Å². The third-order valence-corrected chi connectivity index (χ3v) is 4.13. The molecule has 4 nitrogen and oxygen atoms in total. The van der Waals surface area contributed by atoms with Gasteiger partial charge in [0.05, 0.1) is 22.5 Å². The standard InChI is InChI=1S/C15H28ClN3O/c1-6-9-14(20-8-3)12(17-5)10-13-15(16)11(4)18-19(13)7-2/h12,14,17H,6-10H2,1-5H3. The van der Waals surface area contributed by atoms with Gasteiger partial charge in [0.25, 0.3) is 0 Å². The number of rotatable bonds is 9. The van der Waals surface area contributed by atoms with Crippen molar-refractivity contribution in [2.45, 2.75) is 65.6 Å². The molecule has 1 aromatic rings. The molecule has 0 aliphatic heterocycles. The van der Waals surface area contributed by atoms with Crippen molar-refractivity contribution < 1.29 is 4.74 Å². The molecule has 0 spiro atoms.